The Morgan fingerprint density at radius 2 is 2.28 bits per heavy atom. The minimum absolute atomic E-state index is 0.176. The van der Waals surface area contributed by atoms with Gasteiger partial charge in [0.15, 0.2) is 0 Å². The third-order valence-electron chi connectivity index (χ3n) is 3.51. The van der Waals surface area contributed by atoms with Gasteiger partial charge in [0.05, 0.1) is 0 Å². The van der Waals surface area contributed by atoms with Gasteiger partial charge in [0.25, 0.3) is 0 Å². The molecule has 3 nitrogen and oxygen atoms in total. The summed E-state index contributed by atoms with van der Waals surface area (Å²) in [5.41, 5.74) is 1.38. The third-order valence-corrected chi connectivity index (χ3v) is 4.50. The Bertz CT molecular complexity index is 427. The average molecular weight is 266 g/mol. The van der Waals surface area contributed by atoms with Gasteiger partial charge in [-0.2, -0.15) is 0 Å². The van der Waals surface area contributed by atoms with E-state index >= 15 is 0 Å². The zero-order valence-corrected chi connectivity index (χ0v) is 12.2. The molecule has 2 rings (SSSR count). The number of carbonyl (C=O) groups is 1. The Labute approximate surface area is 113 Å². The third kappa shape index (κ3) is 3.33. The topological polar surface area (TPSA) is 41.1 Å². The summed E-state index contributed by atoms with van der Waals surface area (Å²) < 4.78 is 0. The SMILES string of the molecule is Cc1cc(C(C)NC2CCCNC(=O)C2)c(C)s1. The van der Waals surface area contributed by atoms with Gasteiger partial charge in [-0.15, -0.1) is 11.3 Å². The first-order chi connectivity index (χ1) is 8.56. The first kappa shape index (κ1) is 13.6. The molecule has 1 aliphatic rings. The summed E-state index contributed by atoms with van der Waals surface area (Å²) in [4.78, 5) is 14.3. The Hall–Kier alpha value is -0.870. The maximum Gasteiger partial charge on any atom is 0.221 e. The van der Waals surface area contributed by atoms with Crippen molar-refractivity contribution < 1.29 is 4.79 Å². The summed E-state index contributed by atoms with van der Waals surface area (Å²) in [5.74, 6) is 0.176. The Kier molecular flexibility index (Phi) is 4.40. The van der Waals surface area contributed by atoms with Crippen molar-refractivity contribution in [1.29, 1.82) is 0 Å². The van der Waals surface area contributed by atoms with E-state index in [0.29, 0.717) is 18.5 Å². The van der Waals surface area contributed by atoms with Gasteiger partial charge < -0.3 is 10.6 Å². The van der Waals surface area contributed by atoms with Crippen LogP contribution in [0.25, 0.3) is 0 Å². The van der Waals surface area contributed by atoms with E-state index in [1.54, 1.807) is 0 Å². The fraction of sp³-hybridized carbons (Fsp3) is 0.643. The van der Waals surface area contributed by atoms with Crippen LogP contribution >= 0.6 is 11.3 Å². The summed E-state index contributed by atoms with van der Waals surface area (Å²) in [5, 5.41) is 6.53. The minimum Gasteiger partial charge on any atom is -0.356 e. The molecule has 2 atom stereocenters. The Morgan fingerprint density at radius 3 is 2.94 bits per heavy atom. The first-order valence-electron chi connectivity index (χ1n) is 6.66. The fourth-order valence-electron chi connectivity index (χ4n) is 2.64. The van der Waals surface area contributed by atoms with Gasteiger partial charge in [-0.1, -0.05) is 0 Å². The lowest BCUT2D eigenvalue weighted by Gasteiger charge is -2.21. The van der Waals surface area contributed by atoms with Crippen molar-refractivity contribution in [3.63, 3.8) is 0 Å². The lowest BCUT2D eigenvalue weighted by atomic mass is 10.0. The molecule has 0 spiro atoms. The molecule has 100 valence electrons. The smallest absolute Gasteiger partial charge is 0.221 e. The van der Waals surface area contributed by atoms with E-state index in [0.717, 1.165) is 19.4 Å². The van der Waals surface area contributed by atoms with Crippen molar-refractivity contribution in [2.45, 2.75) is 52.1 Å². The van der Waals surface area contributed by atoms with Crippen molar-refractivity contribution in [3.8, 4) is 0 Å². The van der Waals surface area contributed by atoms with Gasteiger partial charge in [-0.05, 0) is 45.2 Å². The van der Waals surface area contributed by atoms with Crippen LogP contribution in [0, 0.1) is 13.8 Å². The fourth-order valence-corrected chi connectivity index (χ4v) is 3.66. The molecule has 0 aliphatic carbocycles. The maximum absolute atomic E-state index is 11.5. The van der Waals surface area contributed by atoms with Crippen molar-refractivity contribution in [1.82, 2.24) is 10.6 Å². The highest BCUT2D eigenvalue weighted by Gasteiger charge is 2.20. The lowest BCUT2D eigenvalue weighted by Crippen LogP contribution is -2.34. The summed E-state index contributed by atoms with van der Waals surface area (Å²) in [7, 11) is 0. The van der Waals surface area contributed by atoms with E-state index in [2.05, 4.69) is 37.5 Å². The van der Waals surface area contributed by atoms with Gasteiger partial charge in [0, 0.05) is 34.8 Å². The molecule has 0 radical (unpaired) electrons. The highest BCUT2D eigenvalue weighted by molar-refractivity contribution is 7.12. The van der Waals surface area contributed by atoms with Gasteiger partial charge in [-0.3, -0.25) is 4.79 Å². The molecule has 2 N–H and O–H groups in total. The average Bonchev–Trinajstić information content (AvgIpc) is 2.50. The van der Waals surface area contributed by atoms with Gasteiger partial charge >= 0.3 is 0 Å². The second-order valence-corrected chi connectivity index (χ2v) is 6.61. The van der Waals surface area contributed by atoms with Crippen LogP contribution in [-0.4, -0.2) is 18.5 Å². The quantitative estimate of drug-likeness (QED) is 0.883. The number of amides is 1. The molecule has 1 saturated heterocycles. The predicted molar refractivity (Wildman–Crippen MR) is 76.0 cm³/mol. The molecule has 18 heavy (non-hydrogen) atoms. The largest absolute Gasteiger partial charge is 0.356 e. The predicted octanol–water partition coefficient (Wildman–Crippen LogP) is 2.68. The van der Waals surface area contributed by atoms with E-state index in [1.165, 1.54) is 15.3 Å². The summed E-state index contributed by atoms with van der Waals surface area (Å²) in [6, 6.07) is 2.89. The van der Waals surface area contributed by atoms with Crippen molar-refractivity contribution in [2.24, 2.45) is 0 Å². The van der Waals surface area contributed by atoms with Gasteiger partial charge in [0.1, 0.15) is 0 Å². The second-order valence-electron chi connectivity index (χ2n) is 5.15. The minimum atomic E-state index is 0.176. The van der Waals surface area contributed by atoms with Crippen molar-refractivity contribution in [3.05, 3.63) is 21.4 Å². The zero-order valence-electron chi connectivity index (χ0n) is 11.4. The van der Waals surface area contributed by atoms with Crippen LogP contribution < -0.4 is 10.6 Å². The summed E-state index contributed by atoms with van der Waals surface area (Å²) in [6.07, 6.45) is 2.75. The molecule has 1 aromatic rings. The van der Waals surface area contributed by atoms with Gasteiger partial charge in [-0.25, -0.2) is 0 Å². The van der Waals surface area contributed by atoms with E-state index in [1.807, 2.05) is 11.3 Å². The standard InChI is InChI=1S/C14H22N2OS/c1-9-7-13(11(3)18-9)10(2)16-12-5-4-6-15-14(17)8-12/h7,10,12,16H,4-6,8H2,1-3H3,(H,15,17). The number of rotatable bonds is 3. The van der Waals surface area contributed by atoms with Crippen molar-refractivity contribution in [2.75, 3.05) is 6.54 Å². The number of hydrogen-bond acceptors (Lipinski definition) is 3. The van der Waals surface area contributed by atoms with Crippen LogP contribution in [0.3, 0.4) is 0 Å². The summed E-state index contributed by atoms with van der Waals surface area (Å²) in [6.45, 7) is 7.33. The molecule has 1 amide bonds. The molecule has 4 heteroatoms. The van der Waals surface area contributed by atoms with Crippen LogP contribution in [0.15, 0.2) is 6.07 Å². The van der Waals surface area contributed by atoms with Crippen LogP contribution in [-0.2, 0) is 4.79 Å². The highest BCUT2D eigenvalue weighted by atomic mass is 32.1. The van der Waals surface area contributed by atoms with Crippen LogP contribution in [0.4, 0.5) is 0 Å². The maximum atomic E-state index is 11.5. The molecule has 1 fully saturated rings. The molecule has 0 bridgehead atoms. The molecular formula is C14H22N2OS. The lowest BCUT2D eigenvalue weighted by molar-refractivity contribution is -0.121. The van der Waals surface area contributed by atoms with Crippen LogP contribution in [0.5, 0.6) is 0 Å². The molecular weight excluding hydrogens is 244 g/mol. The van der Waals surface area contributed by atoms with E-state index < -0.39 is 0 Å². The second kappa shape index (κ2) is 5.85. The number of nitrogens with one attached hydrogen (secondary N) is 2. The normalized spacial score (nSPS) is 22.4. The number of aryl methyl sites for hydroxylation is 2. The molecule has 1 aromatic heterocycles. The van der Waals surface area contributed by atoms with E-state index in [-0.39, 0.29) is 5.91 Å². The first-order valence-corrected chi connectivity index (χ1v) is 7.47. The highest BCUT2D eigenvalue weighted by Crippen LogP contribution is 2.27. The molecule has 1 aliphatic heterocycles. The number of thiophene rings is 1. The van der Waals surface area contributed by atoms with Gasteiger partial charge in [0.2, 0.25) is 5.91 Å². The Balaban J connectivity index is 1.99. The van der Waals surface area contributed by atoms with E-state index in [4.69, 9.17) is 0 Å². The Morgan fingerprint density at radius 1 is 1.50 bits per heavy atom. The van der Waals surface area contributed by atoms with E-state index in [9.17, 15) is 4.79 Å². The van der Waals surface area contributed by atoms with Crippen LogP contribution in [0.2, 0.25) is 0 Å². The molecule has 2 unspecified atom stereocenters. The molecule has 0 saturated carbocycles. The van der Waals surface area contributed by atoms with Crippen molar-refractivity contribution >= 4 is 17.2 Å². The number of carbonyl (C=O) groups excluding carboxylic acids is 1. The zero-order chi connectivity index (χ0) is 13.1. The summed E-state index contributed by atoms with van der Waals surface area (Å²) >= 11 is 1.84. The van der Waals surface area contributed by atoms with Crippen LogP contribution in [0.1, 0.15) is 47.5 Å². The molecule has 0 aromatic carbocycles. The molecule has 2 heterocycles. The monoisotopic (exact) mass is 266 g/mol. The number of hydrogen-bond donors (Lipinski definition) is 2.